The summed E-state index contributed by atoms with van der Waals surface area (Å²) in [6.45, 7) is 5.90. The molecule has 3 saturated heterocycles. The highest BCUT2D eigenvalue weighted by Gasteiger charge is 2.51. The smallest absolute Gasteiger partial charge is 0.399 e. The van der Waals surface area contributed by atoms with Gasteiger partial charge in [-0.25, -0.2) is 0 Å². The first-order valence-corrected chi connectivity index (χ1v) is 27.1. The number of carbonyl (C=O) groups is 7. The van der Waals surface area contributed by atoms with Gasteiger partial charge >= 0.3 is 13.3 Å². The van der Waals surface area contributed by atoms with E-state index in [1.54, 1.807) is 39.0 Å². The van der Waals surface area contributed by atoms with Crippen molar-refractivity contribution in [3.8, 4) is 17.6 Å². The molecule has 5 N–H and O–H groups in total. The van der Waals surface area contributed by atoms with Gasteiger partial charge in [0.25, 0.3) is 11.8 Å². The fraction of sp³-hybridized carbons (Fsp3) is 0.389. The van der Waals surface area contributed by atoms with Gasteiger partial charge in [0.15, 0.2) is 0 Å². The number of carbonyl (C=O) groups excluding carboxylic acids is 7. The molecule has 392 valence electrons. The van der Waals surface area contributed by atoms with Gasteiger partial charge in [0.2, 0.25) is 29.5 Å². The van der Waals surface area contributed by atoms with Gasteiger partial charge in [-0.05, 0) is 95.3 Å². The van der Waals surface area contributed by atoms with Gasteiger partial charge in [0.05, 0.1) is 11.4 Å². The number of imide groups is 1. The van der Waals surface area contributed by atoms with Gasteiger partial charge in [-0.15, -0.1) is 11.3 Å². The van der Waals surface area contributed by atoms with Gasteiger partial charge in [0, 0.05) is 60.3 Å². The van der Waals surface area contributed by atoms with E-state index in [2.05, 4.69) is 27.8 Å². The molecule has 5 aromatic rings. The lowest BCUT2D eigenvalue weighted by molar-refractivity contribution is -0.148. The molecule has 0 radical (unpaired) electrons. The number of likely N-dealkylation sites (tertiary alicyclic amines) is 2. The van der Waals surface area contributed by atoms with Crippen LogP contribution in [-0.2, 0) is 40.7 Å². The minimum Gasteiger partial charge on any atom is -0.488 e. The molecule has 5 atom stereocenters. The predicted molar refractivity (Wildman–Crippen MR) is 273 cm³/mol. The number of nitrogens with one attached hydrogen (secondary N) is 3. The van der Waals surface area contributed by atoms with Crippen molar-refractivity contribution in [1.82, 2.24) is 30.7 Å². The van der Waals surface area contributed by atoms with Gasteiger partial charge < -0.3 is 39.9 Å². The number of hydrogen-bond donors (Lipinski definition) is 5. The van der Waals surface area contributed by atoms with Crippen molar-refractivity contribution in [3.05, 3.63) is 112 Å². The van der Waals surface area contributed by atoms with Crippen molar-refractivity contribution in [3.63, 3.8) is 0 Å². The summed E-state index contributed by atoms with van der Waals surface area (Å²) >= 11 is 0.949. The summed E-state index contributed by atoms with van der Waals surface area (Å²) in [5.41, 5.74) is -4.47. The lowest BCUT2D eigenvalue weighted by Crippen LogP contribution is -2.59. The number of thiophene rings is 1. The molecular formula is C54H55F2N6O11PS. The van der Waals surface area contributed by atoms with Gasteiger partial charge in [0.1, 0.15) is 36.0 Å². The molecule has 17 nitrogen and oxygen atoms in total. The Hall–Kier alpha value is -7.04. The Morgan fingerprint density at radius 1 is 0.920 bits per heavy atom. The first-order chi connectivity index (χ1) is 35.6. The predicted octanol–water partition coefficient (Wildman–Crippen LogP) is 6.17. The van der Waals surface area contributed by atoms with Crippen LogP contribution in [0.1, 0.15) is 102 Å². The van der Waals surface area contributed by atoms with Crippen LogP contribution < -0.4 is 20.7 Å². The van der Waals surface area contributed by atoms with Crippen LogP contribution in [0.15, 0.2) is 84.9 Å². The molecule has 0 saturated carbocycles. The second-order valence-electron chi connectivity index (χ2n) is 20.3. The monoisotopic (exact) mass is 1060 g/mol. The molecule has 5 heterocycles. The van der Waals surface area contributed by atoms with E-state index in [-0.39, 0.29) is 67.5 Å². The molecule has 1 unspecified atom stereocenters. The largest absolute Gasteiger partial charge is 0.488 e. The summed E-state index contributed by atoms with van der Waals surface area (Å²) in [6, 6.07) is 19.1. The molecule has 4 aliphatic heterocycles. The fourth-order valence-electron chi connectivity index (χ4n) is 10.2. The molecule has 9 rings (SSSR count). The van der Waals surface area contributed by atoms with Crippen LogP contribution >= 0.6 is 18.9 Å². The standard InChI is InChI=1S/C54H55F2N6O11PS/c1-53(2,3)46(59-49(66)44-27-34-25-35(18-21-43(34)75-44)54(55,56)74(70,71)72)52(69)60-24-10-16-41(60)51(68)61-29-37(73-36-19-17-31-11-6-7-13-33(31)26-36)28-42(61)47(64)57-23-8-4-5-12-32-14-9-15-38-39(32)30-62(50(38)67)40-20-22-45(63)58-48(40)65/h6-7,9,11,13-15,17-19,21,25-27,37,40-42,46H,4,8,10,16,20,22-24,28-30H2,1-3H3,(H,57,64)(H,59,66)(H,58,63,65)(H2,70,71,72)/t37-,40?,41-,42-,46+/m0/s1. The number of rotatable bonds is 13. The zero-order valence-corrected chi connectivity index (χ0v) is 43.0. The Morgan fingerprint density at radius 2 is 1.69 bits per heavy atom. The second kappa shape index (κ2) is 20.9. The van der Waals surface area contributed by atoms with Crippen LogP contribution in [0.2, 0.25) is 0 Å². The Morgan fingerprint density at radius 3 is 2.44 bits per heavy atom. The maximum Gasteiger partial charge on any atom is 0.399 e. The third-order valence-corrected chi connectivity index (χ3v) is 16.2. The van der Waals surface area contributed by atoms with E-state index in [1.165, 1.54) is 26.8 Å². The Bertz CT molecular complexity index is 3270. The zero-order chi connectivity index (χ0) is 53.6. The number of amides is 7. The minimum absolute atomic E-state index is 0.0474. The van der Waals surface area contributed by atoms with Gasteiger partial charge in [-0.3, -0.25) is 43.4 Å². The number of piperidine rings is 1. The number of nitrogens with zero attached hydrogens (tertiary/aromatic N) is 3. The van der Waals surface area contributed by atoms with Crippen LogP contribution in [0.4, 0.5) is 8.78 Å². The molecule has 7 amide bonds. The van der Waals surface area contributed by atoms with E-state index < -0.39 is 84.0 Å². The van der Waals surface area contributed by atoms with E-state index in [0.29, 0.717) is 52.8 Å². The maximum absolute atomic E-state index is 14.8. The number of hydrogen-bond acceptors (Lipinski definition) is 10. The molecular weight excluding hydrogens is 1010 g/mol. The highest BCUT2D eigenvalue weighted by Crippen LogP contribution is 2.59. The van der Waals surface area contributed by atoms with Crippen molar-refractivity contribution in [1.29, 1.82) is 0 Å². The topological polar surface area (TPSA) is 232 Å². The molecule has 3 fully saturated rings. The number of unbranched alkanes of at least 4 members (excludes halogenated alkanes) is 1. The third kappa shape index (κ3) is 10.9. The van der Waals surface area contributed by atoms with Crippen LogP contribution in [0.25, 0.3) is 20.9 Å². The molecule has 1 aromatic heterocycles. The van der Waals surface area contributed by atoms with Crippen molar-refractivity contribution in [2.75, 3.05) is 19.6 Å². The lowest BCUT2D eigenvalue weighted by Gasteiger charge is -2.36. The van der Waals surface area contributed by atoms with Crippen LogP contribution in [-0.4, -0.2) is 116 Å². The quantitative estimate of drug-likeness (QED) is 0.0387. The van der Waals surface area contributed by atoms with Crippen molar-refractivity contribution >= 4 is 81.1 Å². The fourth-order valence-corrected chi connectivity index (χ4v) is 11.6. The SMILES string of the molecule is CC(C)(C)[C@H](NC(=O)c1cc2cc(C(F)(F)P(=O)(O)O)ccc2s1)C(=O)N1CCC[C@H]1C(=O)N1C[C@@H](Oc2ccc3ccccc3c2)C[C@H]1C(=O)NCCCC#Cc1cccc2c1CN(C1CCC(=O)NC1=O)C2=O. The van der Waals surface area contributed by atoms with Crippen molar-refractivity contribution in [2.45, 2.75) is 108 Å². The lowest BCUT2D eigenvalue weighted by atomic mass is 9.85. The first kappa shape index (κ1) is 52.8. The summed E-state index contributed by atoms with van der Waals surface area (Å²) in [4.78, 5) is 118. The van der Waals surface area contributed by atoms with Crippen LogP contribution in [0.5, 0.6) is 5.75 Å². The van der Waals surface area contributed by atoms with E-state index in [1.807, 2.05) is 42.5 Å². The average molecular weight is 1070 g/mol. The summed E-state index contributed by atoms with van der Waals surface area (Å²) in [5.74, 6) is 3.59. The number of halogens is 2. The third-order valence-electron chi connectivity index (χ3n) is 14.1. The Labute approximate surface area is 434 Å². The van der Waals surface area contributed by atoms with E-state index in [4.69, 9.17) is 4.74 Å². The zero-order valence-electron chi connectivity index (χ0n) is 41.3. The Kier molecular flexibility index (Phi) is 14.7. The van der Waals surface area contributed by atoms with Gasteiger partial charge in [-0.2, -0.15) is 8.78 Å². The highest BCUT2D eigenvalue weighted by molar-refractivity contribution is 7.52. The van der Waals surface area contributed by atoms with Gasteiger partial charge in [-0.1, -0.05) is 75.1 Å². The molecule has 0 aliphatic carbocycles. The summed E-state index contributed by atoms with van der Waals surface area (Å²) < 4.78 is 47.5. The van der Waals surface area contributed by atoms with E-state index in [9.17, 15) is 56.7 Å². The highest BCUT2D eigenvalue weighted by atomic mass is 32.1. The molecule has 0 bridgehead atoms. The summed E-state index contributed by atoms with van der Waals surface area (Å²) in [6.07, 6.45) is 1.54. The summed E-state index contributed by atoms with van der Waals surface area (Å²) in [7, 11) is -5.85. The van der Waals surface area contributed by atoms with E-state index >= 15 is 0 Å². The molecule has 75 heavy (non-hydrogen) atoms. The van der Waals surface area contributed by atoms with Crippen LogP contribution in [0, 0.1) is 17.3 Å². The first-order valence-electron chi connectivity index (χ1n) is 24.7. The number of benzene rings is 4. The molecule has 0 spiro atoms. The minimum atomic E-state index is -5.85. The molecule has 21 heteroatoms. The van der Waals surface area contributed by atoms with Crippen molar-refractivity contribution in [2.24, 2.45) is 5.41 Å². The van der Waals surface area contributed by atoms with E-state index in [0.717, 1.165) is 34.2 Å². The summed E-state index contributed by atoms with van der Waals surface area (Å²) in [5, 5.41) is 10.2. The molecule has 4 aliphatic rings. The number of fused-ring (bicyclic) bond motifs is 3. The van der Waals surface area contributed by atoms with Crippen LogP contribution in [0.3, 0.4) is 0 Å². The second-order valence-corrected chi connectivity index (χ2v) is 23.1. The van der Waals surface area contributed by atoms with Crippen molar-refractivity contribution < 1.29 is 61.4 Å². The number of ether oxygens (including phenoxy) is 1. The molecule has 4 aromatic carbocycles. The average Bonchev–Trinajstić information content (AvgIpc) is 4.19. The normalized spacial score (nSPS) is 20.4. The number of alkyl halides is 2. The Balaban J connectivity index is 0.877. The maximum atomic E-state index is 14.8.